The molecule has 2 fully saturated rings. The molecular formula is C13H20O3. The standard InChI is InChI=1S/C13H20O3/c14-11-3-7-13(8-4-11)5-1-10(2-6-13)9-12(15)16/h10H,1-9H2,(H,15,16). The Morgan fingerprint density at radius 2 is 1.75 bits per heavy atom. The molecular weight excluding hydrogens is 204 g/mol. The number of hydrogen-bond donors (Lipinski definition) is 1. The minimum atomic E-state index is -0.667. The van der Waals surface area contributed by atoms with E-state index in [2.05, 4.69) is 0 Å². The van der Waals surface area contributed by atoms with E-state index in [0.717, 1.165) is 51.4 Å². The van der Waals surface area contributed by atoms with Gasteiger partial charge < -0.3 is 5.11 Å². The number of carboxylic acids is 1. The fourth-order valence-electron chi connectivity index (χ4n) is 3.30. The lowest BCUT2D eigenvalue weighted by Gasteiger charge is -2.42. The molecule has 0 aromatic carbocycles. The Morgan fingerprint density at radius 1 is 1.19 bits per heavy atom. The van der Waals surface area contributed by atoms with Crippen LogP contribution in [0, 0.1) is 11.3 Å². The summed E-state index contributed by atoms with van der Waals surface area (Å²) in [6.07, 6.45) is 8.29. The summed E-state index contributed by atoms with van der Waals surface area (Å²) in [7, 11) is 0. The molecule has 0 unspecified atom stereocenters. The SMILES string of the molecule is O=C(O)CC1CCC2(CCC(=O)CC2)CC1. The third-order valence-electron chi connectivity index (χ3n) is 4.50. The molecule has 2 saturated carbocycles. The lowest BCUT2D eigenvalue weighted by Crippen LogP contribution is -2.32. The van der Waals surface area contributed by atoms with E-state index in [1.54, 1.807) is 0 Å². The first-order valence-electron chi connectivity index (χ1n) is 6.33. The van der Waals surface area contributed by atoms with Crippen molar-refractivity contribution in [2.24, 2.45) is 11.3 Å². The van der Waals surface area contributed by atoms with Crippen molar-refractivity contribution in [3.63, 3.8) is 0 Å². The van der Waals surface area contributed by atoms with Gasteiger partial charge in [-0.3, -0.25) is 9.59 Å². The van der Waals surface area contributed by atoms with Crippen LogP contribution in [0.1, 0.15) is 57.8 Å². The van der Waals surface area contributed by atoms with E-state index in [1.807, 2.05) is 0 Å². The van der Waals surface area contributed by atoms with Crippen molar-refractivity contribution in [3.8, 4) is 0 Å². The molecule has 2 aliphatic rings. The summed E-state index contributed by atoms with van der Waals surface area (Å²) in [6.45, 7) is 0. The van der Waals surface area contributed by atoms with Gasteiger partial charge in [0.2, 0.25) is 0 Å². The molecule has 1 spiro atoms. The highest BCUT2D eigenvalue weighted by Crippen LogP contribution is 2.48. The molecule has 90 valence electrons. The highest BCUT2D eigenvalue weighted by atomic mass is 16.4. The number of aliphatic carboxylic acids is 1. The van der Waals surface area contributed by atoms with Gasteiger partial charge in [0.1, 0.15) is 5.78 Å². The number of hydrogen-bond acceptors (Lipinski definition) is 2. The van der Waals surface area contributed by atoms with Crippen LogP contribution in [-0.2, 0) is 9.59 Å². The van der Waals surface area contributed by atoms with Crippen molar-refractivity contribution in [3.05, 3.63) is 0 Å². The van der Waals surface area contributed by atoms with E-state index in [1.165, 1.54) is 0 Å². The van der Waals surface area contributed by atoms with Gasteiger partial charge in [-0.05, 0) is 49.9 Å². The van der Waals surface area contributed by atoms with Gasteiger partial charge in [-0.25, -0.2) is 0 Å². The van der Waals surface area contributed by atoms with Gasteiger partial charge in [-0.2, -0.15) is 0 Å². The van der Waals surface area contributed by atoms with E-state index >= 15 is 0 Å². The van der Waals surface area contributed by atoms with E-state index in [-0.39, 0.29) is 0 Å². The molecule has 3 heteroatoms. The molecule has 2 rings (SSSR count). The van der Waals surface area contributed by atoms with Crippen LogP contribution in [0.15, 0.2) is 0 Å². The summed E-state index contributed by atoms with van der Waals surface area (Å²) in [4.78, 5) is 21.9. The van der Waals surface area contributed by atoms with Crippen LogP contribution in [0.5, 0.6) is 0 Å². The summed E-state index contributed by atoms with van der Waals surface area (Å²) in [5.74, 6) is 0.124. The van der Waals surface area contributed by atoms with Crippen LogP contribution in [0.4, 0.5) is 0 Å². The van der Waals surface area contributed by atoms with E-state index in [4.69, 9.17) is 5.11 Å². The Balaban J connectivity index is 1.84. The number of carbonyl (C=O) groups is 2. The maximum absolute atomic E-state index is 11.2. The quantitative estimate of drug-likeness (QED) is 0.784. The Kier molecular flexibility index (Phi) is 3.31. The molecule has 0 amide bonds. The second-order valence-corrected chi connectivity index (χ2v) is 5.58. The summed E-state index contributed by atoms with van der Waals surface area (Å²) in [6, 6.07) is 0. The molecule has 0 radical (unpaired) electrons. The van der Waals surface area contributed by atoms with Crippen molar-refractivity contribution in [2.45, 2.75) is 57.8 Å². The number of carboxylic acid groups (broad SMARTS) is 1. The zero-order valence-corrected chi connectivity index (χ0v) is 9.71. The fourth-order valence-corrected chi connectivity index (χ4v) is 3.30. The second kappa shape index (κ2) is 4.56. The molecule has 3 nitrogen and oxygen atoms in total. The fraction of sp³-hybridized carbons (Fsp3) is 0.846. The van der Waals surface area contributed by atoms with Crippen LogP contribution in [0.3, 0.4) is 0 Å². The zero-order valence-electron chi connectivity index (χ0n) is 9.71. The Labute approximate surface area is 96.2 Å². The lowest BCUT2D eigenvalue weighted by atomic mass is 9.63. The van der Waals surface area contributed by atoms with E-state index < -0.39 is 5.97 Å². The summed E-state index contributed by atoms with van der Waals surface area (Å²) >= 11 is 0. The minimum absolute atomic E-state index is 0.328. The van der Waals surface area contributed by atoms with Gasteiger partial charge >= 0.3 is 5.97 Å². The Morgan fingerprint density at radius 3 is 2.25 bits per heavy atom. The minimum Gasteiger partial charge on any atom is -0.481 e. The molecule has 2 aliphatic carbocycles. The van der Waals surface area contributed by atoms with E-state index in [9.17, 15) is 9.59 Å². The Hall–Kier alpha value is -0.860. The first kappa shape index (κ1) is 11.6. The highest BCUT2D eigenvalue weighted by molar-refractivity contribution is 5.79. The van der Waals surface area contributed by atoms with Gasteiger partial charge in [-0.1, -0.05) is 0 Å². The maximum Gasteiger partial charge on any atom is 0.303 e. The molecule has 0 atom stereocenters. The molecule has 0 heterocycles. The number of Topliss-reactive ketones (excluding diaryl/α,β-unsaturated/α-hetero) is 1. The van der Waals surface area contributed by atoms with Crippen LogP contribution < -0.4 is 0 Å². The smallest absolute Gasteiger partial charge is 0.303 e. The normalized spacial score (nSPS) is 25.9. The summed E-state index contributed by atoms with van der Waals surface area (Å²) in [5, 5.41) is 8.76. The van der Waals surface area contributed by atoms with Gasteiger partial charge in [-0.15, -0.1) is 0 Å². The van der Waals surface area contributed by atoms with Gasteiger partial charge in [0, 0.05) is 19.3 Å². The van der Waals surface area contributed by atoms with Crippen molar-refractivity contribution in [1.82, 2.24) is 0 Å². The van der Waals surface area contributed by atoms with Crippen LogP contribution in [-0.4, -0.2) is 16.9 Å². The molecule has 0 aliphatic heterocycles. The van der Waals surface area contributed by atoms with Crippen molar-refractivity contribution in [1.29, 1.82) is 0 Å². The van der Waals surface area contributed by atoms with Crippen molar-refractivity contribution in [2.75, 3.05) is 0 Å². The summed E-state index contributed by atoms with van der Waals surface area (Å²) < 4.78 is 0. The van der Waals surface area contributed by atoms with Crippen LogP contribution in [0.25, 0.3) is 0 Å². The van der Waals surface area contributed by atoms with E-state index in [0.29, 0.717) is 23.5 Å². The third kappa shape index (κ3) is 2.63. The van der Waals surface area contributed by atoms with Gasteiger partial charge in [0.05, 0.1) is 0 Å². The predicted molar refractivity (Wildman–Crippen MR) is 60.1 cm³/mol. The van der Waals surface area contributed by atoms with Gasteiger partial charge in [0.25, 0.3) is 0 Å². The van der Waals surface area contributed by atoms with Crippen LogP contribution >= 0.6 is 0 Å². The van der Waals surface area contributed by atoms with Crippen molar-refractivity contribution < 1.29 is 14.7 Å². The number of rotatable bonds is 2. The average Bonchev–Trinajstić information content (AvgIpc) is 2.26. The number of carbonyl (C=O) groups excluding carboxylic acids is 1. The predicted octanol–water partition coefficient (Wildman–Crippen LogP) is 2.78. The zero-order chi connectivity index (χ0) is 11.6. The number of ketones is 1. The van der Waals surface area contributed by atoms with Gasteiger partial charge in [0.15, 0.2) is 0 Å². The highest BCUT2D eigenvalue weighted by Gasteiger charge is 2.38. The molecule has 0 bridgehead atoms. The third-order valence-corrected chi connectivity index (χ3v) is 4.50. The lowest BCUT2D eigenvalue weighted by molar-refractivity contribution is -0.138. The first-order chi connectivity index (χ1) is 7.60. The Bertz CT molecular complexity index is 276. The molecule has 16 heavy (non-hydrogen) atoms. The molecule has 1 N–H and O–H groups in total. The van der Waals surface area contributed by atoms with Crippen molar-refractivity contribution >= 4 is 11.8 Å². The molecule has 0 saturated heterocycles. The maximum atomic E-state index is 11.2. The molecule has 0 aromatic rings. The molecule has 0 aromatic heterocycles. The average molecular weight is 224 g/mol. The topological polar surface area (TPSA) is 54.4 Å². The summed E-state index contributed by atoms with van der Waals surface area (Å²) in [5.41, 5.74) is 0.392. The van der Waals surface area contributed by atoms with Crippen LogP contribution in [0.2, 0.25) is 0 Å². The monoisotopic (exact) mass is 224 g/mol. The first-order valence-corrected chi connectivity index (χ1v) is 6.33. The largest absolute Gasteiger partial charge is 0.481 e. The second-order valence-electron chi connectivity index (χ2n) is 5.58.